The van der Waals surface area contributed by atoms with Crippen LogP contribution < -0.4 is 0 Å². The van der Waals surface area contributed by atoms with Gasteiger partial charge in [0, 0.05) is 38.1 Å². The van der Waals surface area contributed by atoms with E-state index in [9.17, 15) is 0 Å². The first-order valence-electron chi connectivity index (χ1n) is 11.8. The molecule has 0 aliphatic carbocycles. The van der Waals surface area contributed by atoms with Gasteiger partial charge in [0.05, 0.1) is 23.3 Å². The molecule has 6 heteroatoms. The number of benzene rings is 4. The Morgan fingerprint density at radius 2 is 1.44 bits per heavy atom. The van der Waals surface area contributed by atoms with Gasteiger partial charge in [0.25, 0.3) is 0 Å². The minimum absolute atomic E-state index is 0. The molecule has 0 bridgehead atoms. The van der Waals surface area contributed by atoms with Crippen LogP contribution in [0.5, 0.6) is 0 Å². The van der Waals surface area contributed by atoms with Crippen molar-refractivity contribution in [2.24, 2.45) is 0 Å². The maximum Gasteiger partial charge on any atom is 0.187 e. The van der Waals surface area contributed by atoms with Crippen molar-refractivity contribution in [1.82, 2.24) is 15.0 Å². The maximum absolute atomic E-state index is 9.00. The van der Waals surface area contributed by atoms with Gasteiger partial charge in [0.15, 0.2) is 5.69 Å². The van der Waals surface area contributed by atoms with Gasteiger partial charge in [0.1, 0.15) is 0 Å². The molecule has 0 saturated heterocycles. The Bertz CT molecular complexity index is 1620. The first-order valence-corrected chi connectivity index (χ1v) is 11.8. The van der Waals surface area contributed by atoms with Gasteiger partial charge in [-0.3, -0.25) is 9.97 Å². The average Bonchev–Trinajstić information content (AvgIpc) is 3.02. The fourth-order valence-corrected chi connectivity index (χ4v) is 3.80. The maximum atomic E-state index is 9.00. The summed E-state index contributed by atoms with van der Waals surface area (Å²) in [4.78, 5) is 17.2. The third kappa shape index (κ3) is 6.47. The van der Waals surface area contributed by atoms with Crippen molar-refractivity contribution in [3.05, 3.63) is 145 Å². The van der Waals surface area contributed by atoms with E-state index in [1.807, 2.05) is 84.9 Å². The number of para-hydroxylation sites is 2. The van der Waals surface area contributed by atoms with E-state index in [1.54, 1.807) is 30.5 Å². The fourth-order valence-electron chi connectivity index (χ4n) is 3.80. The monoisotopic (exact) mass is 678 g/mol. The van der Waals surface area contributed by atoms with E-state index in [2.05, 4.69) is 28.0 Å². The molecule has 4 aromatic carbocycles. The molecular weight excluding hydrogens is 659 g/mol. The standard InChI is InChI=1S/C22H11N4.C11H8N.Ir/c1-24-18-12-10-17(11-13-18)22-21(16-8-6-15(14-23)7-9-16)25-19-4-2-3-5-20(19)26-22;1-2-6-10(7-3-1)11-8-4-5-9-12-11;/h2-8,10-13H;1-6,8-9H;/q2*-1;. The molecule has 0 atom stereocenters. The molecule has 0 amide bonds. The summed E-state index contributed by atoms with van der Waals surface area (Å²) in [6, 6.07) is 42.2. The van der Waals surface area contributed by atoms with Crippen LogP contribution in [0.4, 0.5) is 5.69 Å². The van der Waals surface area contributed by atoms with Crippen LogP contribution in [0.1, 0.15) is 5.56 Å². The van der Waals surface area contributed by atoms with Gasteiger partial charge >= 0.3 is 0 Å². The molecule has 39 heavy (non-hydrogen) atoms. The molecule has 0 aliphatic heterocycles. The second kappa shape index (κ2) is 13.0. The SMILES string of the molecule is [C-]#[N+]c1ccc(-c2nc3ccccc3nc2-c2[c-]cc(C#N)cc2)cc1.[Ir].[c-]1ccccc1-c1ccccn1. The first-order chi connectivity index (χ1) is 18.7. The Labute approximate surface area is 240 Å². The van der Waals surface area contributed by atoms with Crippen molar-refractivity contribution in [2.45, 2.75) is 0 Å². The van der Waals surface area contributed by atoms with E-state index >= 15 is 0 Å². The third-order valence-corrected chi connectivity index (χ3v) is 5.69. The molecule has 0 N–H and O–H groups in total. The zero-order valence-electron chi connectivity index (χ0n) is 20.5. The van der Waals surface area contributed by atoms with Gasteiger partial charge in [0.2, 0.25) is 0 Å². The zero-order valence-corrected chi connectivity index (χ0v) is 22.9. The predicted octanol–water partition coefficient (Wildman–Crippen LogP) is 7.73. The van der Waals surface area contributed by atoms with Crippen LogP contribution in [-0.2, 0) is 20.1 Å². The average molecular weight is 678 g/mol. The molecule has 2 aromatic heterocycles. The number of hydrogen-bond donors (Lipinski definition) is 0. The van der Waals surface area contributed by atoms with Crippen molar-refractivity contribution >= 4 is 16.7 Å². The normalized spacial score (nSPS) is 9.79. The van der Waals surface area contributed by atoms with Crippen LogP contribution in [0.15, 0.2) is 115 Å². The molecule has 187 valence electrons. The predicted molar refractivity (Wildman–Crippen MR) is 149 cm³/mol. The van der Waals surface area contributed by atoms with Gasteiger partial charge < -0.3 is 4.98 Å². The van der Waals surface area contributed by atoms with Gasteiger partial charge in [-0.15, -0.1) is 65.7 Å². The number of nitriles is 1. The van der Waals surface area contributed by atoms with Crippen LogP contribution in [0.25, 0.3) is 49.7 Å². The summed E-state index contributed by atoms with van der Waals surface area (Å²) in [6.07, 6.45) is 1.79. The molecule has 5 nitrogen and oxygen atoms in total. The summed E-state index contributed by atoms with van der Waals surface area (Å²) in [5, 5.41) is 9.00. The molecule has 0 saturated carbocycles. The van der Waals surface area contributed by atoms with Crippen molar-refractivity contribution < 1.29 is 20.1 Å². The zero-order chi connectivity index (χ0) is 26.2. The molecule has 0 aliphatic rings. The number of fused-ring (bicyclic) bond motifs is 1. The molecule has 0 unspecified atom stereocenters. The Hall–Kier alpha value is -5.00. The van der Waals surface area contributed by atoms with Crippen LogP contribution in [0.2, 0.25) is 0 Å². The second-order valence-electron chi connectivity index (χ2n) is 8.16. The topological polar surface area (TPSA) is 66.8 Å². The van der Waals surface area contributed by atoms with Crippen LogP contribution in [-0.4, -0.2) is 15.0 Å². The molecule has 0 spiro atoms. The molecule has 6 aromatic rings. The second-order valence-corrected chi connectivity index (χ2v) is 8.16. The number of aromatic nitrogens is 3. The van der Waals surface area contributed by atoms with Crippen molar-refractivity contribution in [3.8, 4) is 39.8 Å². The van der Waals surface area contributed by atoms with E-state index < -0.39 is 0 Å². The molecule has 6 rings (SSSR count). The molecule has 0 fully saturated rings. The molecule has 2 heterocycles. The summed E-state index contributed by atoms with van der Waals surface area (Å²) in [6.45, 7) is 7.11. The van der Waals surface area contributed by atoms with Gasteiger partial charge in [-0.25, -0.2) is 10.1 Å². The summed E-state index contributed by atoms with van der Waals surface area (Å²) < 4.78 is 0. The Kier molecular flexibility index (Phi) is 9.01. The van der Waals surface area contributed by atoms with E-state index in [1.165, 1.54) is 0 Å². The van der Waals surface area contributed by atoms with Crippen molar-refractivity contribution in [3.63, 3.8) is 0 Å². The smallest absolute Gasteiger partial charge is 0.187 e. The first kappa shape index (κ1) is 27.0. The fraction of sp³-hybridized carbons (Fsp3) is 0. The van der Waals surface area contributed by atoms with Crippen LogP contribution >= 0.6 is 0 Å². The van der Waals surface area contributed by atoms with Gasteiger partial charge in [-0.1, -0.05) is 48.5 Å². The van der Waals surface area contributed by atoms with Crippen LogP contribution in [0, 0.1) is 30.0 Å². The summed E-state index contributed by atoms with van der Waals surface area (Å²) >= 11 is 0. The molecular formula is C33H19IrN5-2. The number of rotatable bonds is 3. The summed E-state index contributed by atoms with van der Waals surface area (Å²) in [7, 11) is 0. The van der Waals surface area contributed by atoms with E-state index in [4.69, 9.17) is 21.8 Å². The number of hydrogen-bond acceptors (Lipinski definition) is 4. The number of pyridine rings is 1. The summed E-state index contributed by atoms with van der Waals surface area (Å²) in [5.41, 5.74) is 7.80. The van der Waals surface area contributed by atoms with Crippen molar-refractivity contribution in [2.75, 3.05) is 0 Å². The quantitative estimate of drug-likeness (QED) is 0.180. The van der Waals surface area contributed by atoms with E-state index in [0.29, 0.717) is 16.9 Å². The number of nitrogens with zero attached hydrogens (tertiary/aromatic N) is 5. The Morgan fingerprint density at radius 3 is 2.03 bits per heavy atom. The van der Waals surface area contributed by atoms with E-state index in [0.717, 1.165) is 39.1 Å². The van der Waals surface area contributed by atoms with Crippen LogP contribution in [0.3, 0.4) is 0 Å². The largest absolute Gasteiger partial charge is 0.305 e. The molecule has 1 radical (unpaired) electrons. The van der Waals surface area contributed by atoms with Gasteiger partial charge in [-0.2, -0.15) is 0 Å². The Balaban J connectivity index is 0.000000228. The third-order valence-electron chi connectivity index (χ3n) is 5.69. The van der Waals surface area contributed by atoms with Gasteiger partial charge in [-0.05, 0) is 35.0 Å². The van der Waals surface area contributed by atoms with Crippen molar-refractivity contribution in [1.29, 1.82) is 5.26 Å². The minimum atomic E-state index is 0. The van der Waals surface area contributed by atoms with E-state index in [-0.39, 0.29) is 20.1 Å². The minimum Gasteiger partial charge on any atom is -0.305 e. The summed E-state index contributed by atoms with van der Waals surface area (Å²) in [5.74, 6) is 0. The Morgan fingerprint density at radius 1 is 0.718 bits per heavy atom.